The summed E-state index contributed by atoms with van der Waals surface area (Å²) in [5.41, 5.74) is 0. The molecular weight excluding hydrogens is 220 g/mol. The molecule has 94 valence electrons. The Morgan fingerprint density at radius 1 is 1.47 bits per heavy atom. The van der Waals surface area contributed by atoms with E-state index in [1.165, 1.54) is 0 Å². The van der Waals surface area contributed by atoms with E-state index in [1.807, 2.05) is 6.92 Å². The van der Waals surface area contributed by atoms with Gasteiger partial charge in [0.2, 0.25) is 5.88 Å². The topological polar surface area (TPSA) is 68.3 Å². The largest absolute Gasteiger partial charge is 0.477 e. The van der Waals surface area contributed by atoms with Gasteiger partial charge >= 0.3 is 0 Å². The van der Waals surface area contributed by atoms with Crippen LogP contribution in [-0.2, 0) is 4.74 Å². The summed E-state index contributed by atoms with van der Waals surface area (Å²) in [7, 11) is 1.72. The number of ether oxygens (including phenoxy) is 2. The van der Waals surface area contributed by atoms with E-state index in [0.717, 1.165) is 13.1 Å². The molecule has 1 fully saturated rings. The molecule has 1 saturated heterocycles. The second kappa shape index (κ2) is 5.79. The van der Waals surface area contributed by atoms with E-state index >= 15 is 0 Å². The minimum atomic E-state index is 0.160. The van der Waals surface area contributed by atoms with E-state index in [-0.39, 0.29) is 12.1 Å². The molecule has 0 amide bonds. The Morgan fingerprint density at radius 3 is 3.12 bits per heavy atom. The smallest absolute Gasteiger partial charge is 0.234 e. The van der Waals surface area contributed by atoms with Crippen LogP contribution in [0.5, 0.6) is 5.88 Å². The SMILES string of the molecule is CCOc1cncc(NC2CNC[C@@H]2OC)n1. The quantitative estimate of drug-likeness (QED) is 0.767. The standard InChI is InChI=1S/C11H18N4O2/c1-3-17-11-7-13-6-10(15-11)14-8-4-12-5-9(8)16-2/h6-9,12H,3-5H2,1-2H3,(H,14,15)/t8?,9-/m0/s1. The first-order valence-electron chi connectivity index (χ1n) is 5.78. The lowest BCUT2D eigenvalue weighted by Gasteiger charge is -2.19. The second-order valence-corrected chi connectivity index (χ2v) is 3.86. The molecule has 1 unspecified atom stereocenters. The van der Waals surface area contributed by atoms with Gasteiger partial charge in [-0.2, -0.15) is 4.98 Å². The molecule has 0 aromatic carbocycles. The van der Waals surface area contributed by atoms with Gasteiger partial charge in [-0.25, -0.2) is 0 Å². The van der Waals surface area contributed by atoms with Crippen molar-refractivity contribution in [3.63, 3.8) is 0 Å². The summed E-state index contributed by atoms with van der Waals surface area (Å²) in [5, 5.41) is 6.57. The average Bonchev–Trinajstić information content (AvgIpc) is 2.77. The summed E-state index contributed by atoms with van der Waals surface area (Å²) in [6, 6.07) is 0.214. The van der Waals surface area contributed by atoms with Crippen molar-refractivity contribution >= 4 is 5.82 Å². The maximum atomic E-state index is 5.37. The molecule has 17 heavy (non-hydrogen) atoms. The van der Waals surface area contributed by atoms with Crippen LogP contribution in [0.3, 0.4) is 0 Å². The molecule has 0 spiro atoms. The van der Waals surface area contributed by atoms with E-state index in [4.69, 9.17) is 9.47 Å². The minimum Gasteiger partial charge on any atom is -0.477 e. The Balaban J connectivity index is 2.00. The number of anilines is 1. The fourth-order valence-electron chi connectivity index (χ4n) is 1.87. The van der Waals surface area contributed by atoms with E-state index in [0.29, 0.717) is 18.3 Å². The third kappa shape index (κ3) is 3.04. The normalized spacial score (nSPS) is 23.6. The molecule has 6 heteroatoms. The molecule has 0 saturated carbocycles. The van der Waals surface area contributed by atoms with Crippen LogP contribution < -0.4 is 15.4 Å². The highest BCUT2D eigenvalue weighted by atomic mass is 16.5. The molecule has 2 rings (SSSR count). The van der Waals surface area contributed by atoms with Gasteiger partial charge in [-0.3, -0.25) is 4.98 Å². The zero-order valence-electron chi connectivity index (χ0n) is 10.1. The first-order valence-corrected chi connectivity index (χ1v) is 5.78. The zero-order valence-corrected chi connectivity index (χ0v) is 10.1. The summed E-state index contributed by atoms with van der Waals surface area (Å²) in [6.07, 6.45) is 3.45. The van der Waals surface area contributed by atoms with Crippen LogP contribution in [0.25, 0.3) is 0 Å². The summed E-state index contributed by atoms with van der Waals surface area (Å²) in [4.78, 5) is 8.40. The minimum absolute atomic E-state index is 0.160. The fraction of sp³-hybridized carbons (Fsp3) is 0.636. The molecule has 6 nitrogen and oxygen atoms in total. The molecule has 2 heterocycles. The Morgan fingerprint density at radius 2 is 2.35 bits per heavy atom. The van der Waals surface area contributed by atoms with Crippen LogP contribution in [0.15, 0.2) is 12.4 Å². The molecule has 1 aliphatic rings. The number of aromatic nitrogens is 2. The highest BCUT2D eigenvalue weighted by Crippen LogP contribution is 2.13. The third-order valence-corrected chi connectivity index (χ3v) is 2.70. The van der Waals surface area contributed by atoms with Gasteiger partial charge in [0.15, 0.2) is 0 Å². The van der Waals surface area contributed by atoms with Crippen molar-refractivity contribution in [2.75, 3.05) is 32.1 Å². The van der Waals surface area contributed by atoms with Gasteiger partial charge in [0.25, 0.3) is 0 Å². The van der Waals surface area contributed by atoms with Gasteiger partial charge in [0.1, 0.15) is 5.82 Å². The maximum absolute atomic E-state index is 5.37. The Bertz CT molecular complexity index is 361. The van der Waals surface area contributed by atoms with E-state index in [1.54, 1.807) is 19.5 Å². The summed E-state index contributed by atoms with van der Waals surface area (Å²) >= 11 is 0. The molecule has 0 bridgehead atoms. The lowest BCUT2D eigenvalue weighted by atomic mass is 10.2. The third-order valence-electron chi connectivity index (χ3n) is 2.70. The van der Waals surface area contributed by atoms with Crippen LogP contribution in [0, 0.1) is 0 Å². The molecule has 1 aliphatic heterocycles. The van der Waals surface area contributed by atoms with Crippen LogP contribution >= 0.6 is 0 Å². The summed E-state index contributed by atoms with van der Waals surface area (Å²) < 4.78 is 10.7. The van der Waals surface area contributed by atoms with Gasteiger partial charge in [0.05, 0.1) is 31.1 Å². The number of hydrogen-bond acceptors (Lipinski definition) is 6. The average molecular weight is 238 g/mol. The van der Waals surface area contributed by atoms with Crippen LogP contribution in [0.4, 0.5) is 5.82 Å². The number of methoxy groups -OCH3 is 1. The van der Waals surface area contributed by atoms with Crippen LogP contribution in [0.1, 0.15) is 6.92 Å². The first kappa shape index (κ1) is 12.1. The van der Waals surface area contributed by atoms with Crippen molar-refractivity contribution in [3.8, 4) is 5.88 Å². The molecule has 0 aliphatic carbocycles. The predicted molar refractivity (Wildman–Crippen MR) is 64.3 cm³/mol. The fourth-order valence-corrected chi connectivity index (χ4v) is 1.87. The molecule has 2 atom stereocenters. The Kier molecular flexibility index (Phi) is 4.11. The lowest BCUT2D eigenvalue weighted by molar-refractivity contribution is 0.111. The molecule has 1 aromatic heterocycles. The van der Waals surface area contributed by atoms with Crippen molar-refractivity contribution in [2.24, 2.45) is 0 Å². The number of rotatable bonds is 5. The predicted octanol–water partition coefficient (Wildman–Crippen LogP) is 0.274. The summed E-state index contributed by atoms with van der Waals surface area (Å²) in [5.74, 6) is 1.25. The van der Waals surface area contributed by atoms with Crippen LogP contribution in [-0.4, -0.2) is 48.9 Å². The Labute approximate surface area is 101 Å². The van der Waals surface area contributed by atoms with Gasteiger partial charge in [-0.05, 0) is 6.92 Å². The first-order chi connectivity index (χ1) is 8.33. The zero-order chi connectivity index (χ0) is 12.1. The highest BCUT2D eigenvalue weighted by molar-refractivity contribution is 5.35. The molecule has 2 N–H and O–H groups in total. The second-order valence-electron chi connectivity index (χ2n) is 3.86. The van der Waals surface area contributed by atoms with E-state index in [2.05, 4.69) is 20.6 Å². The van der Waals surface area contributed by atoms with Crippen molar-refractivity contribution in [1.82, 2.24) is 15.3 Å². The lowest BCUT2D eigenvalue weighted by Crippen LogP contribution is -2.33. The van der Waals surface area contributed by atoms with Crippen molar-refractivity contribution in [1.29, 1.82) is 0 Å². The highest BCUT2D eigenvalue weighted by Gasteiger charge is 2.26. The monoisotopic (exact) mass is 238 g/mol. The van der Waals surface area contributed by atoms with E-state index in [9.17, 15) is 0 Å². The Hall–Kier alpha value is -1.40. The summed E-state index contributed by atoms with van der Waals surface area (Å²) in [6.45, 7) is 4.22. The molecule has 0 radical (unpaired) electrons. The van der Waals surface area contributed by atoms with Gasteiger partial charge in [0, 0.05) is 20.2 Å². The van der Waals surface area contributed by atoms with Crippen molar-refractivity contribution < 1.29 is 9.47 Å². The van der Waals surface area contributed by atoms with Gasteiger partial charge < -0.3 is 20.1 Å². The van der Waals surface area contributed by atoms with Gasteiger partial charge in [-0.15, -0.1) is 0 Å². The molecule has 1 aromatic rings. The number of nitrogens with zero attached hydrogens (tertiary/aromatic N) is 2. The van der Waals surface area contributed by atoms with Gasteiger partial charge in [-0.1, -0.05) is 0 Å². The number of hydrogen-bond donors (Lipinski definition) is 2. The van der Waals surface area contributed by atoms with Crippen molar-refractivity contribution in [2.45, 2.75) is 19.1 Å². The maximum Gasteiger partial charge on any atom is 0.234 e. The van der Waals surface area contributed by atoms with Crippen molar-refractivity contribution in [3.05, 3.63) is 12.4 Å². The molecular formula is C11H18N4O2. The number of nitrogens with one attached hydrogen (secondary N) is 2. The van der Waals surface area contributed by atoms with E-state index < -0.39 is 0 Å². The van der Waals surface area contributed by atoms with Crippen LogP contribution in [0.2, 0.25) is 0 Å².